The number of allylic oxidation sites excluding steroid dienone is 4. The number of nitrogens with one attached hydrogen (secondary N) is 1. The number of aliphatic hydroxyl groups excluding tert-OH is 2. The van der Waals surface area contributed by atoms with Gasteiger partial charge >= 0.3 is 0 Å². The van der Waals surface area contributed by atoms with E-state index in [-0.39, 0.29) is 18.9 Å². The molecule has 0 aliphatic rings. The lowest BCUT2D eigenvalue weighted by molar-refractivity contribution is -0.870. The molecule has 4 unspecified atom stereocenters. The van der Waals surface area contributed by atoms with Crippen LogP contribution in [0.3, 0.4) is 0 Å². The van der Waals surface area contributed by atoms with Gasteiger partial charge in [0.15, 0.2) is 0 Å². The number of carbonyl (C=O) groups excluding carboxylic acids is 1. The van der Waals surface area contributed by atoms with Gasteiger partial charge in [0.2, 0.25) is 5.91 Å². The van der Waals surface area contributed by atoms with Crippen LogP contribution in [0.2, 0.25) is 0 Å². The fourth-order valence-corrected chi connectivity index (χ4v) is 5.52. The first-order chi connectivity index (χ1) is 21.4. The molecule has 45 heavy (non-hydrogen) atoms. The fraction of sp³-hybridized carbons (Fsp3) is 0.857. The van der Waals surface area contributed by atoms with Crippen LogP contribution in [-0.4, -0.2) is 79.8 Å². The second-order valence-corrected chi connectivity index (χ2v) is 14.8. The third kappa shape index (κ3) is 28.9. The number of likely N-dealkylation sites (N-methyl/N-ethyl adjacent to an activating group) is 1. The predicted octanol–water partition coefficient (Wildman–Crippen LogP) is 6.96. The van der Waals surface area contributed by atoms with E-state index in [0.29, 0.717) is 30.3 Å². The van der Waals surface area contributed by atoms with Gasteiger partial charge in [-0.25, -0.2) is 0 Å². The Bertz CT molecular complexity index is 816. The van der Waals surface area contributed by atoms with Crippen molar-refractivity contribution in [1.29, 1.82) is 0 Å². The van der Waals surface area contributed by atoms with Crippen molar-refractivity contribution < 1.29 is 38.0 Å². The summed E-state index contributed by atoms with van der Waals surface area (Å²) in [5.41, 5.74) is 0. The van der Waals surface area contributed by atoms with Gasteiger partial charge in [0.05, 0.1) is 39.9 Å². The Labute approximate surface area is 276 Å². The number of nitrogens with zero attached hydrogens (tertiary/aromatic N) is 1. The third-order valence-corrected chi connectivity index (χ3v) is 8.73. The summed E-state index contributed by atoms with van der Waals surface area (Å²) in [4.78, 5) is 25.1. The normalized spacial score (nSPS) is 15.8. The van der Waals surface area contributed by atoms with Crippen LogP contribution in [0.4, 0.5) is 0 Å². The molecule has 0 bridgehead atoms. The Kier molecular flexibility index (Phi) is 27.3. The van der Waals surface area contributed by atoms with E-state index < -0.39 is 32.7 Å². The number of aliphatic hydroxyl groups is 2. The van der Waals surface area contributed by atoms with Gasteiger partial charge in [0.1, 0.15) is 19.3 Å². The van der Waals surface area contributed by atoms with Crippen molar-refractivity contribution in [2.45, 2.75) is 154 Å². The largest absolute Gasteiger partial charge is 0.756 e. The Morgan fingerprint density at radius 2 is 1.29 bits per heavy atom. The van der Waals surface area contributed by atoms with Crippen LogP contribution in [0, 0.1) is 0 Å². The van der Waals surface area contributed by atoms with E-state index in [1.807, 2.05) is 21.1 Å². The highest BCUT2D eigenvalue weighted by Gasteiger charge is 2.29. The Balaban J connectivity index is 4.76. The molecule has 0 radical (unpaired) electrons. The smallest absolute Gasteiger partial charge is 0.268 e. The van der Waals surface area contributed by atoms with Gasteiger partial charge in [-0.1, -0.05) is 102 Å². The van der Waals surface area contributed by atoms with E-state index in [9.17, 15) is 24.5 Å². The molecule has 266 valence electrons. The summed E-state index contributed by atoms with van der Waals surface area (Å²) in [7, 11) is 1.09. The van der Waals surface area contributed by atoms with Crippen molar-refractivity contribution in [3.8, 4) is 0 Å². The number of carbonyl (C=O) groups is 1. The lowest BCUT2D eigenvalue weighted by Gasteiger charge is -2.31. The molecule has 0 spiro atoms. The predicted molar refractivity (Wildman–Crippen MR) is 184 cm³/mol. The molecule has 4 atom stereocenters. The maximum atomic E-state index is 12.7. The number of phosphoric ester groups is 1. The zero-order chi connectivity index (χ0) is 33.8. The molecule has 0 aromatic heterocycles. The van der Waals surface area contributed by atoms with Crippen LogP contribution in [0.25, 0.3) is 0 Å². The molecule has 0 heterocycles. The highest BCUT2D eigenvalue weighted by molar-refractivity contribution is 7.45. The molecule has 0 rings (SSSR count). The van der Waals surface area contributed by atoms with Gasteiger partial charge in [0, 0.05) is 6.42 Å². The maximum absolute atomic E-state index is 12.7. The SMILES string of the molecule is CCCCC/C=C/CC/C=C/CCCC(O)C(O)C(COP(=O)([O-])OCC[N+](C)(C)C)NC(=O)CCCCCCCCCCC. The molecule has 0 aliphatic heterocycles. The van der Waals surface area contributed by atoms with E-state index in [4.69, 9.17) is 9.05 Å². The molecule has 0 aromatic rings. The van der Waals surface area contributed by atoms with Crippen LogP contribution in [-0.2, 0) is 18.4 Å². The maximum Gasteiger partial charge on any atom is 0.268 e. The van der Waals surface area contributed by atoms with Crippen molar-refractivity contribution in [3.05, 3.63) is 24.3 Å². The number of hydrogen-bond donors (Lipinski definition) is 3. The number of phosphoric acid groups is 1. The topological polar surface area (TPSA) is 128 Å². The summed E-state index contributed by atoms with van der Waals surface area (Å²) >= 11 is 0. The summed E-state index contributed by atoms with van der Waals surface area (Å²) in [6.07, 6.45) is 25.1. The molecule has 1 amide bonds. The van der Waals surface area contributed by atoms with Gasteiger partial charge in [-0.05, 0) is 51.4 Å². The lowest BCUT2D eigenvalue weighted by Crippen LogP contribution is -2.51. The van der Waals surface area contributed by atoms with Crippen LogP contribution in [0.1, 0.15) is 136 Å². The van der Waals surface area contributed by atoms with Crippen LogP contribution in [0.15, 0.2) is 24.3 Å². The van der Waals surface area contributed by atoms with Crippen LogP contribution in [0.5, 0.6) is 0 Å². The molecule has 0 saturated carbocycles. The summed E-state index contributed by atoms with van der Waals surface area (Å²) in [5.74, 6) is -0.299. The third-order valence-electron chi connectivity index (χ3n) is 7.76. The fourth-order valence-electron chi connectivity index (χ4n) is 4.80. The zero-order valence-corrected chi connectivity index (χ0v) is 30.3. The summed E-state index contributed by atoms with van der Waals surface area (Å²) in [5, 5.41) is 24.3. The standard InChI is InChI=1S/C35H69N2O7P/c1-6-8-10-12-14-16-17-18-20-21-23-25-27-33(38)35(40)32(31-44-45(41,42)43-30-29-37(3,4)5)36-34(39)28-26-24-22-19-15-13-11-9-7-2/h14,16,20-21,32-33,35,38,40H,6-13,15,17-19,22-31H2,1-5H3,(H-,36,39,41,42)/b16-14+,21-20+. The first-order valence-corrected chi connectivity index (χ1v) is 19.2. The number of amides is 1. The van der Waals surface area contributed by atoms with Gasteiger partial charge in [-0.15, -0.1) is 0 Å². The van der Waals surface area contributed by atoms with Crippen LogP contribution >= 0.6 is 7.82 Å². The van der Waals surface area contributed by atoms with Crippen molar-refractivity contribution in [3.63, 3.8) is 0 Å². The number of unbranched alkanes of at least 4 members (excludes halogenated alkanes) is 13. The highest BCUT2D eigenvalue weighted by Crippen LogP contribution is 2.38. The summed E-state index contributed by atoms with van der Waals surface area (Å²) < 4.78 is 22.9. The Morgan fingerprint density at radius 3 is 1.87 bits per heavy atom. The van der Waals surface area contributed by atoms with Crippen LogP contribution < -0.4 is 10.2 Å². The van der Waals surface area contributed by atoms with Gasteiger partial charge < -0.3 is 34.0 Å². The quantitative estimate of drug-likeness (QED) is 0.0317. The van der Waals surface area contributed by atoms with Crippen molar-refractivity contribution in [2.75, 3.05) is 40.9 Å². The van der Waals surface area contributed by atoms with Gasteiger partial charge in [-0.3, -0.25) is 9.36 Å². The first kappa shape index (κ1) is 43.9. The summed E-state index contributed by atoms with van der Waals surface area (Å²) in [6, 6.07) is -1.09. The molecular formula is C35H69N2O7P. The number of quaternary nitrogens is 1. The number of hydrogen-bond acceptors (Lipinski definition) is 7. The average molecular weight is 661 g/mol. The molecule has 0 fully saturated rings. The van der Waals surface area contributed by atoms with Crippen molar-refractivity contribution in [1.82, 2.24) is 5.32 Å². The van der Waals surface area contributed by atoms with E-state index >= 15 is 0 Å². The van der Waals surface area contributed by atoms with E-state index in [2.05, 4.69) is 43.5 Å². The molecule has 0 aliphatic carbocycles. The van der Waals surface area contributed by atoms with E-state index in [0.717, 1.165) is 44.9 Å². The average Bonchev–Trinajstić information content (AvgIpc) is 2.97. The van der Waals surface area contributed by atoms with Crippen molar-refractivity contribution >= 4 is 13.7 Å². The van der Waals surface area contributed by atoms with Crippen molar-refractivity contribution in [2.24, 2.45) is 0 Å². The minimum Gasteiger partial charge on any atom is -0.756 e. The van der Waals surface area contributed by atoms with Gasteiger partial charge in [-0.2, -0.15) is 0 Å². The molecule has 0 aromatic carbocycles. The van der Waals surface area contributed by atoms with E-state index in [1.165, 1.54) is 51.4 Å². The molecule has 0 saturated heterocycles. The molecule has 3 N–H and O–H groups in total. The Hall–Kier alpha value is -1.06. The second-order valence-electron chi connectivity index (χ2n) is 13.3. The number of rotatable bonds is 31. The molecule has 9 nitrogen and oxygen atoms in total. The first-order valence-electron chi connectivity index (χ1n) is 17.8. The van der Waals surface area contributed by atoms with E-state index in [1.54, 1.807) is 0 Å². The second kappa shape index (κ2) is 28.0. The lowest BCUT2D eigenvalue weighted by atomic mass is 10.0. The Morgan fingerprint density at radius 1 is 0.778 bits per heavy atom. The molecule has 10 heteroatoms. The monoisotopic (exact) mass is 660 g/mol. The minimum absolute atomic E-state index is 0.0478. The molecular weight excluding hydrogens is 591 g/mol. The summed E-state index contributed by atoms with van der Waals surface area (Å²) in [6.45, 7) is 4.31. The highest BCUT2D eigenvalue weighted by atomic mass is 31.2. The minimum atomic E-state index is -4.66. The van der Waals surface area contributed by atoms with Gasteiger partial charge in [0.25, 0.3) is 7.82 Å². The zero-order valence-electron chi connectivity index (χ0n) is 29.4.